The monoisotopic (exact) mass is 770 g/mol. The molecule has 0 amide bonds. The molecule has 12 heteroatoms. The maximum absolute atomic E-state index is 13.6. The Kier molecular flexibility index (Phi) is 11.7. The third-order valence-corrected chi connectivity index (χ3v) is 12.5. The Morgan fingerprint density at radius 2 is 1.96 bits per heavy atom. The molecule has 4 aliphatic rings. The third-order valence-electron chi connectivity index (χ3n) is 12.5. The number of aliphatic hydroxyl groups is 2. The van der Waals surface area contributed by atoms with Gasteiger partial charge in [0.05, 0.1) is 37.0 Å². The van der Waals surface area contributed by atoms with Gasteiger partial charge in [-0.15, -0.1) is 0 Å². The number of rotatable bonds is 13. The van der Waals surface area contributed by atoms with E-state index >= 15 is 0 Å². The van der Waals surface area contributed by atoms with Gasteiger partial charge in [-0.1, -0.05) is 18.6 Å². The van der Waals surface area contributed by atoms with E-state index in [-0.39, 0.29) is 53.8 Å². The van der Waals surface area contributed by atoms with Gasteiger partial charge in [0.25, 0.3) is 0 Å². The van der Waals surface area contributed by atoms with Gasteiger partial charge in [0.15, 0.2) is 6.29 Å². The number of aromatic amines is 1. The average molecular weight is 771 g/mol. The second-order valence-corrected chi connectivity index (χ2v) is 15.6. The molecule has 4 heterocycles. The van der Waals surface area contributed by atoms with Crippen LogP contribution in [0.1, 0.15) is 93.9 Å². The van der Waals surface area contributed by atoms with E-state index in [0.29, 0.717) is 60.0 Å². The van der Waals surface area contributed by atoms with Gasteiger partial charge in [-0.3, -0.25) is 9.59 Å². The summed E-state index contributed by atoms with van der Waals surface area (Å²) in [7, 11) is 3.24. The first kappa shape index (κ1) is 39.7. The normalized spacial score (nSPS) is 24.9. The number of carbonyl (C=O) groups is 3. The van der Waals surface area contributed by atoms with Crippen LogP contribution in [0.2, 0.25) is 0 Å². The van der Waals surface area contributed by atoms with E-state index in [1.54, 1.807) is 14.0 Å². The number of piperidine rings is 1. The molecule has 3 aliphatic heterocycles. The second-order valence-electron chi connectivity index (χ2n) is 15.6. The second kappa shape index (κ2) is 16.5. The van der Waals surface area contributed by atoms with Gasteiger partial charge in [-0.2, -0.15) is 0 Å². The summed E-state index contributed by atoms with van der Waals surface area (Å²) in [5.41, 5.74) is 3.10. The van der Waals surface area contributed by atoms with Crippen LogP contribution in [0.3, 0.4) is 0 Å². The van der Waals surface area contributed by atoms with Gasteiger partial charge in [-0.25, -0.2) is 4.79 Å². The standard InChI is InChI=1S/C44H54N2O10/c1-6-29-21-28(14-17-46(29)16-8-18-52-4)44(3,51)36-22-31-39(55-36)33(24-48)41-38(40(31)53-5)37(32(23-47)42(56-41)43(50)54-7-2)27-10-12-35(49)30(20-27)25-9-11-34-26(19-25)13-15-45-34/h9,11,13,15,19,23,28-30,36,45,48,51H,6-8,10,12,14,16-18,20-22,24H2,1-5H3. The zero-order valence-corrected chi connectivity index (χ0v) is 33.1. The molecule has 0 bridgehead atoms. The lowest BCUT2D eigenvalue weighted by molar-refractivity contribution is -0.141. The SMILES string of the molecule is CCOC(=O)C1=C(C=O)C(=C2CCC(=O)C(c3ccc4[nH]ccc4c3)C2)c2c(OC)c3c(c(CO)c2O1)OC(C(C)(O)C1CCN(CCCOC)C(CC)C1)C3. The molecular weight excluding hydrogens is 716 g/mol. The van der Waals surface area contributed by atoms with E-state index in [1.165, 1.54) is 7.11 Å². The number of ether oxygens (including phenoxy) is 5. The number of likely N-dealkylation sites (tertiary alicyclic amines) is 1. The van der Waals surface area contributed by atoms with E-state index < -0.39 is 30.2 Å². The Morgan fingerprint density at radius 1 is 1.14 bits per heavy atom. The first-order chi connectivity index (χ1) is 27.1. The lowest BCUT2D eigenvalue weighted by Crippen LogP contribution is -2.54. The zero-order chi connectivity index (χ0) is 39.7. The fourth-order valence-corrected chi connectivity index (χ4v) is 9.51. The fraction of sp³-hybridized carbons (Fsp3) is 0.523. The summed E-state index contributed by atoms with van der Waals surface area (Å²) in [5.74, 6) is -0.775. The van der Waals surface area contributed by atoms with Gasteiger partial charge in [0.1, 0.15) is 34.7 Å². The van der Waals surface area contributed by atoms with Crippen LogP contribution in [-0.2, 0) is 36.9 Å². The number of hydrogen-bond acceptors (Lipinski definition) is 11. The van der Waals surface area contributed by atoms with Crippen LogP contribution in [0.5, 0.6) is 17.2 Å². The van der Waals surface area contributed by atoms with E-state index in [1.807, 2.05) is 37.4 Å². The maximum atomic E-state index is 13.6. The van der Waals surface area contributed by atoms with Crippen LogP contribution in [0, 0.1) is 5.92 Å². The number of benzene rings is 2. The number of nitrogens with zero attached hydrogens (tertiary/aromatic N) is 1. The lowest BCUT2D eigenvalue weighted by atomic mass is 9.74. The topological polar surface area (TPSA) is 157 Å². The van der Waals surface area contributed by atoms with Crippen LogP contribution >= 0.6 is 0 Å². The molecule has 1 aromatic heterocycles. The first-order valence-electron chi connectivity index (χ1n) is 19.9. The molecule has 0 radical (unpaired) electrons. The molecule has 0 spiro atoms. The molecule has 5 atom stereocenters. The van der Waals surface area contributed by atoms with E-state index in [4.69, 9.17) is 23.7 Å². The minimum atomic E-state index is -1.24. The van der Waals surface area contributed by atoms with Crippen molar-refractivity contribution in [3.05, 3.63) is 69.6 Å². The summed E-state index contributed by atoms with van der Waals surface area (Å²) in [4.78, 5) is 46.0. The van der Waals surface area contributed by atoms with Crippen LogP contribution < -0.4 is 14.2 Å². The van der Waals surface area contributed by atoms with Crippen molar-refractivity contribution in [3.8, 4) is 17.2 Å². The number of ketones is 1. The molecule has 2 fully saturated rings. The number of methoxy groups -OCH3 is 2. The molecule has 1 aliphatic carbocycles. The Morgan fingerprint density at radius 3 is 2.68 bits per heavy atom. The van der Waals surface area contributed by atoms with Crippen LogP contribution in [0.4, 0.5) is 0 Å². The Bertz CT molecular complexity index is 2060. The van der Waals surface area contributed by atoms with Crippen molar-refractivity contribution >= 4 is 34.5 Å². The quantitative estimate of drug-likeness (QED) is 0.107. The smallest absolute Gasteiger partial charge is 0.375 e. The summed E-state index contributed by atoms with van der Waals surface area (Å²) in [6, 6.07) is 8.18. The van der Waals surface area contributed by atoms with Crippen molar-refractivity contribution in [2.45, 2.75) is 102 Å². The summed E-state index contributed by atoms with van der Waals surface area (Å²) < 4.78 is 29.8. The molecule has 1 saturated heterocycles. The number of Topliss-reactive ketones (excluding diaryl/α,β-unsaturated/α-hetero) is 1. The van der Waals surface area contributed by atoms with Crippen molar-refractivity contribution in [1.82, 2.24) is 9.88 Å². The molecular formula is C44H54N2O10. The predicted molar refractivity (Wildman–Crippen MR) is 210 cm³/mol. The number of nitrogens with one attached hydrogen (secondary N) is 1. The number of aromatic nitrogens is 1. The third kappa shape index (κ3) is 7.05. The van der Waals surface area contributed by atoms with Gasteiger partial charge >= 0.3 is 5.97 Å². The zero-order valence-electron chi connectivity index (χ0n) is 33.1. The van der Waals surface area contributed by atoms with Crippen molar-refractivity contribution in [3.63, 3.8) is 0 Å². The minimum absolute atomic E-state index is 0.00685. The average Bonchev–Trinajstić information content (AvgIpc) is 3.88. The fourth-order valence-electron chi connectivity index (χ4n) is 9.51. The molecule has 7 rings (SSSR count). The molecule has 12 nitrogen and oxygen atoms in total. The number of aldehydes is 1. The van der Waals surface area contributed by atoms with Crippen molar-refractivity contribution in [2.75, 3.05) is 40.5 Å². The maximum Gasteiger partial charge on any atom is 0.375 e. The Balaban J connectivity index is 1.31. The molecule has 3 N–H and O–H groups in total. The van der Waals surface area contributed by atoms with Gasteiger partial charge < -0.3 is 43.8 Å². The molecule has 3 aromatic rings. The molecule has 2 aromatic carbocycles. The highest BCUT2D eigenvalue weighted by Crippen LogP contribution is 2.57. The van der Waals surface area contributed by atoms with Crippen LogP contribution in [0.15, 0.2) is 47.4 Å². The number of fused-ring (bicyclic) bond motifs is 3. The number of allylic oxidation sites excluding steroid dienone is 3. The summed E-state index contributed by atoms with van der Waals surface area (Å²) in [6.45, 7) is 7.70. The highest BCUT2D eigenvalue weighted by atomic mass is 16.6. The van der Waals surface area contributed by atoms with Gasteiger partial charge in [-0.05, 0) is 94.0 Å². The van der Waals surface area contributed by atoms with Crippen LogP contribution in [-0.4, -0.2) is 96.4 Å². The largest absolute Gasteiger partial charge is 0.496 e. The lowest BCUT2D eigenvalue weighted by Gasteiger charge is -2.46. The van der Waals surface area contributed by atoms with E-state index in [0.717, 1.165) is 60.8 Å². The Hall–Kier alpha value is -4.49. The van der Waals surface area contributed by atoms with Gasteiger partial charge in [0.2, 0.25) is 5.76 Å². The Labute approximate surface area is 327 Å². The number of H-pyrrole nitrogens is 1. The number of hydrogen-bond donors (Lipinski definition) is 3. The summed E-state index contributed by atoms with van der Waals surface area (Å²) in [5, 5.41) is 24.4. The van der Waals surface area contributed by atoms with E-state index in [9.17, 15) is 24.6 Å². The number of aliphatic hydroxyl groups excluding tert-OH is 1. The number of carbonyl (C=O) groups excluding carboxylic acids is 3. The molecule has 1 saturated carbocycles. The van der Waals surface area contributed by atoms with Crippen molar-refractivity contribution in [2.24, 2.45) is 5.92 Å². The number of esters is 1. The molecule has 56 heavy (non-hydrogen) atoms. The minimum Gasteiger partial charge on any atom is -0.496 e. The highest BCUT2D eigenvalue weighted by molar-refractivity contribution is 6.11. The molecule has 5 unspecified atom stereocenters. The van der Waals surface area contributed by atoms with Crippen molar-refractivity contribution < 1.29 is 48.3 Å². The first-order valence-corrected chi connectivity index (χ1v) is 19.9. The summed E-state index contributed by atoms with van der Waals surface area (Å²) >= 11 is 0. The summed E-state index contributed by atoms with van der Waals surface area (Å²) in [6.07, 6.45) is 6.41. The highest BCUT2D eigenvalue weighted by Gasteiger charge is 2.50. The van der Waals surface area contributed by atoms with Crippen molar-refractivity contribution in [1.29, 1.82) is 0 Å². The van der Waals surface area contributed by atoms with Gasteiger partial charge in [0, 0.05) is 67.9 Å². The molecule has 300 valence electrons. The predicted octanol–water partition coefficient (Wildman–Crippen LogP) is 5.95. The van der Waals surface area contributed by atoms with Crippen LogP contribution in [0.25, 0.3) is 16.5 Å². The van der Waals surface area contributed by atoms with E-state index in [2.05, 4.69) is 16.8 Å².